The molecule has 0 fully saturated rings. The first kappa shape index (κ1) is 22.3. The molecule has 0 atom stereocenters. The van der Waals surface area contributed by atoms with Crippen molar-refractivity contribution in [3.63, 3.8) is 0 Å². The molecule has 0 saturated carbocycles. The van der Waals surface area contributed by atoms with E-state index in [-0.39, 0.29) is 22.5 Å². The largest absolute Gasteiger partial charge is 0.377 e. The third kappa shape index (κ3) is 4.48. The van der Waals surface area contributed by atoms with E-state index in [0.717, 1.165) is 11.1 Å². The van der Waals surface area contributed by atoms with Gasteiger partial charge in [-0.2, -0.15) is 0 Å². The summed E-state index contributed by atoms with van der Waals surface area (Å²) in [4.78, 5) is 38.5. The lowest BCUT2D eigenvalue weighted by Gasteiger charge is -2.14. The summed E-state index contributed by atoms with van der Waals surface area (Å²) in [6.07, 6.45) is 3.41. The van der Waals surface area contributed by atoms with Crippen LogP contribution in [0.1, 0.15) is 25.5 Å². The van der Waals surface area contributed by atoms with E-state index in [1.165, 1.54) is 6.07 Å². The second-order valence-electron chi connectivity index (χ2n) is 8.61. The SMILES string of the molecule is CC(C)n1cc(-c2nc3c(=O)c(NCc4ccccc4)c[nH]c3nc2-c2ccccc2)ccc1=O. The summed E-state index contributed by atoms with van der Waals surface area (Å²) in [5, 5.41) is 3.20. The van der Waals surface area contributed by atoms with E-state index in [9.17, 15) is 9.59 Å². The molecule has 0 radical (unpaired) electrons. The number of nitrogens with zero attached hydrogens (tertiary/aromatic N) is 3. The molecule has 5 rings (SSSR count). The Hall–Kier alpha value is -4.52. The Bertz CT molecular complexity index is 1610. The molecule has 0 bridgehead atoms. The van der Waals surface area contributed by atoms with Crippen LogP contribution in [0.5, 0.6) is 0 Å². The molecule has 3 heterocycles. The second-order valence-corrected chi connectivity index (χ2v) is 8.61. The monoisotopic (exact) mass is 463 g/mol. The smallest absolute Gasteiger partial charge is 0.250 e. The summed E-state index contributed by atoms with van der Waals surface area (Å²) >= 11 is 0. The van der Waals surface area contributed by atoms with Gasteiger partial charge in [-0.1, -0.05) is 60.7 Å². The molecule has 35 heavy (non-hydrogen) atoms. The van der Waals surface area contributed by atoms with Gasteiger partial charge in [-0.05, 0) is 25.5 Å². The highest BCUT2D eigenvalue weighted by atomic mass is 16.1. The predicted molar refractivity (Wildman–Crippen MR) is 139 cm³/mol. The van der Waals surface area contributed by atoms with E-state index in [4.69, 9.17) is 9.97 Å². The van der Waals surface area contributed by atoms with Crippen molar-refractivity contribution in [1.82, 2.24) is 19.5 Å². The number of nitrogens with one attached hydrogen (secondary N) is 2. The van der Waals surface area contributed by atoms with Crippen molar-refractivity contribution in [2.45, 2.75) is 26.4 Å². The highest BCUT2D eigenvalue weighted by Gasteiger charge is 2.17. The van der Waals surface area contributed by atoms with E-state index >= 15 is 0 Å². The van der Waals surface area contributed by atoms with Gasteiger partial charge in [0.25, 0.3) is 5.56 Å². The highest BCUT2D eigenvalue weighted by molar-refractivity contribution is 5.85. The molecule has 2 N–H and O–H groups in total. The first-order valence-corrected chi connectivity index (χ1v) is 11.5. The van der Waals surface area contributed by atoms with Crippen molar-refractivity contribution in [3.8, 4) is 22.5 Å². The highest BCUT2D eigenvalue weighted by Crippen LogP contribution is 2.30. The zero-order chi connectivity index (χ0) is 24.4. The van der Waals surface area contributed by atoms with Crippen molar-refractivity contribution in [1.29, 1.82) is 0 Å². The van der Waals surface area contributed by atoms with E-state index in [2.05, 4.69) is 10.3 Å². The summed E-state index contributed by atoms with van der Waals surface area (Å²) in [6.45, 7) is 4.41. The number of H-pyrrole nitrogens is 1. The first-order chi connectivity index (χ1) is 17.0. The zero-order valence-electron chi connectivity index (χ0n) is 19.5. The second kappa shape index (κ2) is 9.38. The molecule has 0 unspecified atom stereocenters. The number of anilines is 1. The topological polar surface area (TPSA) is 92.7 Å². The Kier molecular flexibility index (Phi) is 5.97. The number of rotatable bonds is 6. The van der Waals surface area contributed by atoms with Crippen LogP contribution in [0.3, 0.4) is 0 Å². The van der Waals surface area contributed by atoms with Crippen LogP contribution in [0.15, 0.2) is 94.8 Å². The van der Waals surface area contributed by atoms with Crippen LogP contribution in [-0.2, 0) is 6.54 Å². The molecule has 0 spiro atoms. The Balaban J connectivity index is 1.67. The average molecular weight is 464 g/mol. The van der Waals surface area contributed by atoms with Gasteiger partial charge in [0.1, 0.15) is 5.69 Å². The van der Waals surface area contributed by atoms with Gasteiger partial charge < -0.3 is 14.9 Å². The lowest BCUT2D eigenvalue weighted by atomic mass is 10.0. The molecule has 7 nitrogen and oxygen atoms in total. The number of pyridine rings is 2. The molecule has 0 aliphatic carbocycles. The maximum absolute atomic E-state index is 13.4. The fraction of sp³-hybridized carbons (Fsp3) is 0.143. The molecule has 7 heteroatoms. The van der Waals surface area contributed by atoms with Crippen LogP contribution in [0.4, 0.5) is 5.69 Å². The van der Waals surface area contributed by atoms with Gasteiger partial charge in [-0.15, -0.1) is 0 Å². The van der Waals surface area contributed by atoms with E-state index < -0.39 is 0 Å². The molecule has 3 aromatic heterocycles. The third-order valence-corrected chi connectivity index (χ3v) is 5.85. The maximum Gasteiger partial charge on any atom is 0.250 e. The van der Waals surface area contributed by atoms with Crippen molar-refractivity contribution < 1.29 is 0 Å². The van der Waals surface area contributed by atoms with Gasteiger partial charge in [0.15, 0.2) is 11.2 Å². The number of hydrogen-bond donors (Lipinski definition) is 2. The van der Waals surface area contributed by atoms with E-state index in [1.807, 2.05) is 74.5 Å². The number of benzene rings is 2. The summed E-state index contributed by atoms with van der Waals surface area (Å²) in [6, 6.07) is 22.8. The predicted octanol–water partition coefficient (Wildman–Crippen LogP) is 5.01. The Morgan fingerprint density at radius 3 is 2.26 bits per heavy atom. The number of hydrogen-bond acceptors (Lipinski definition) is 5. The molecule has 0 amide bonds. The van der Waals surface area contributed by atoms with Crippen LogP contribution < -0.4 is 16.3 Å². The fourth-order valence-corrected chi connectivity index (χ4v) is 4.00. The summed E-state index contributed by atoms with van der Waals surface area (Å²) in [5.41, 5.74) is 4.55. The minimum atomic E-state index is -0.236. The van der Waals surface area contributed by atoms with Crippen LogP contribution in [-0.4, -0.2) is 19.5 Å². The lowest BCUT2D eigenvalue weighted by Crippen LogP contribution is -2.20. The van der Waals surface area contributed by atoms with Crippen LogP contribution in [0.25, 0.3) is 33.7 Å². The van der Waals surface area contributed by atoms with E-state index in [0.29, 0.717) is 34.8 Å². The molecular formula is C28H25N5O2. The van der Waals surface area contributed by atoms with Crippen LogP contribution in [0.2, 0.25) is 0 Å². The fourth-order valence-electron chi connectivity index (χ4n) is 4.00. The Labute approximate surface area is 202 Å². The van der Waals surface area contributed by atoms with Crippen molar-refractivity contribution in [2.24, 2.45) is 0 Å². The summed E-state index contributed by atoms with van der Waals surface area (Å²) in [5.74, 6) is 0. The molecule has 0 saturated heterocycles. The first-order valence-electron chi connectivity index (χ1n) is 11.5. The van der Waals surface area contributed by atoms with Crippen molar-refractivity contribution >= 4 is 16.9 Å². The minimum Gasteiger partial charge on any atom is -0.377 e. The molecule has 5 aromatic rings. The van der Waals surface area contributed by atoms with Crippen molar-refractivity contribution in [3.05, 3.63) is 111 Å². The van der Waals surface area contributed by atoms with Crippen LogP contribution >= 0.6 is 0 Å². The molecule has 0 aliphatic heterocycles. The molecular weight excluding hydrogens is 438 g/mol. The zero-order valence-corrected chi connectivity index (χ0v) is 19.5. The third-order valence-electron chi connectivity index (χ3n) is 5.85. The van der Waals surface area contributed by atoms with Gasteiger partial charge >= 0.3 is 0 Å². The molecule has 2 aromatic carbocycles. The lowest BCUT2D eigenvalue weighted by molar-refractivity contribution is 0.579. The Morgan fingerprint density at radius 1 is 0.857 bits per heavy atom. The summed E-state index contributed by atoms with van der Waals surface area (Å²) < 4.78 is 1.65. The normalized spacial score (nSPS) is 11.2. The molecule has 0 aliphatic rings. The molecule has 174 valence electrons. The number of aromatic amines is 1. The summed E-state index contributed by atoms with van der Waals surface area (Å²) in [7, 11) is 0. The van der Waals surface area contributed by atoms with Gasteiger partial charge in [0, 0.05) is 42.2 Å². The van der Waals surface area contributed by atoms with E-state index in [1.54, 1.807) is 23.0 Å². The Morgan fingerprint density at radius 2 is 1.54 bits per heavy atom. The quantitative estimate of drug-likeness (QED) is 0.369. The number of aromatic nitrogens is 4. The minimum absolute atomic E-state index is 0.0202. The van der Waals surface area contributed by atoms with Gasteiger partial charge in [0.05, 0.1) is 11.4 Å². The van der Waals surface area contributed by atoms with Crippen LogP contribution in [0, 0.1) is 0 Å². The van der Waals surface area contributed by atoms with Gasteiger partial charge in [0.2, 0.25) is 5.43 Å². The van der Waals surface area contributed by atoms with Crippen molar-refractivity contribution in [2.75, 3.05) is 5.32 Å². The number of fused-ring (bicyclic) bond motifs is 1. The van der Waals surface area contributed by atoms with Gasteiger partial charge in [-0.25, -0.2) is 9.97 Å². The van der Waals surface area contributed by atoms with Gasteiger partial charge in [-0.3, -0.25) is 9.59 Å². The standard InChI is InChI=1S/C28H25N5O2/c1-18(2)33-17-21(13-14-23(33)34)25-24(20-11-7-4-8-12-20)32-28-26(31-25)27(35)22(16-30-28)29-15-19-9-5-3-6-10-19/h3-14,16-18,29H,15H2,1-2H3,(H,30,32,35). The maximum atomic E-state index is 13.4. The average Bonchev–Trinajstić information content (AvgIpc) is 2.89.